The molecule has 0 bridgehead atoms. The van der Waals surface area contributed by atoms with Crippen LogP contribution in [0.15, 0.2) is 36.4 Å². The summed E-state index contributed by atoms with van der Waals surface area (Å²) in [4.78, 5) is 8.70. The second kappa shape index (κ2) is 4.84. The van der Waals surface area contributed by atoms with Gasteiger partial charge in [-0.1, -0.05) is 41.4 Å². The smallest absolute Gasteiger partial charge is 0.161 e. The number of halogens is 2. The highest BCUT2D eigenvalue weighted by Gasteiger charge is 2.13. The summed E-state index contributed by atoms with van der Waals surface area (Å²) in [5.41, 5.74) is 3.41. The summed E-state index contributed by atoms with van der Waals surface area (Å²) in [5.74, 6) is 0.117. The highest BCUT2D eigenvalue weighted by atomic mass is 35.5. The first-order valence-corrected chi connectivity index (χ1v) is 6.63. The van der Waals surface area contributed by atoms with Crippen molar-refractivity contribution < 1.29 is 4.39 Å². The van der Waals surface area contributed by atoms with Crippen LogP contribution in [0.1, 0.15) is 11.1 Å². The first-order chi connectivity index (χ1) is 9.56. The minimum Gasteiger partial charge on any atom is -0.228 e. The van der Waals surface area contributed by atoms with Crippen LogP contribution in [-0.4, -0.2) is 9.97 Å². The predicted molar refractivity (Wildman–Crippen MR) is 79.4 cm³/mol. The molecule has 2 nitrogen and oxygen atoms in total. The molecule has 0 aliphatic rings. The Labute approximate surface area is 121 Å². The second-order valence-corrected chi connectivity index (χ2v) is 5.15. The van der Waals surface area contributed by atoms with E-state index in [2.05, 4.69) is 9.97 Å². The summed E-state index contributed by atoms with van der Waals surface area (Å²) in [5, 5.41) is 0.427. The zero-order chi connectivity index (χ0) is 14.3. The predicted octanol–water partition coefficient (Wildman–Crippen LogP) is 4.71. The molecule has 0 unspecified atom stereocenters. The van der Waals surface area contributed by atoms with Crippen LogP contribution in [0.25, 0.3) is 22.3 Å². The number of benzene rings is 2. The molecule has 3 aromatic rings. The van der Waals surface area contributed by atoms with Crippen molar-refractivity contribution in [2.45, 2.75) is 13.8 Å². The number of fused-ring (bicyclic) bond motifs is 1. The number of nitrogens with zero attached hydrogens (tertiary/aromatic N) is 2. The van der Waals surface area contributed by atoms with Gasteiger partial charge in [-0.15, -0.1) is 0 Å². The van der Waals surface area contributed by atoms with Crippen LogP contribution in [-0.2, 0) is 0 Å². The van der Waals surface area contributed by atoms with Gasteiger partial charge >= 0.3 is 0 Å². The average Bonchev–Trinajstić information content (AvgIpc) is 2.42. The maximum atomic E-state index is 13.9. The Morgan fingerprint density at radius 3 is 2.60 bits per heavy atom. The summed E-state index contributed by atoms with van der Waals surface area (Å²) in [6, 6.07) is 10.9. The lowest BCUT2D eigenvalue weighted by atomic mass is 10.1. The molecule has 0 saturated heterocycles. The zero-order valence-electron chi connectivity index (χ0n) is 11.1. The molecular weight excluding hydrogens is 275 g/mol. The number of rotatable bonds is 1. The fourth-order valence-corrected chi connectivity index (χ4v) is 2.46. The number of hydrogen-bond acceptors (Lipinski definition) is 2. The minimum atomic E-state index is -0.397. The molecule has 20 heavy (non-hydrogen) atoms. The topological polar surface area (TPSA) is 25.8 Å². The number of hydrogen-bond donors (Lipinski definition) is 0. The summed E-state index contributed by atoms with van der Waals surface area (Å²) < 4.78 is 13.9. The highest BCUT2D eigenvalue weighted by molar-refractivity contribution is 6.34. The second-order valence-electron chi connectivity index (χ2n) is 4.80. The van der Waals surface area contributed by atoms with E-state index in [1.54, 1.807) is 6.07 Å². The maximum absolute atomic E-state index is 13.9. The van der Waals surface area contributed by atoms with E-state index >= 15 is 0 Å². The van der Waals surface area contributed by atoms with E-state index in [0.29, 0.717) is 11.3 Å². The Hall–Kier alpha value is -2.00. The van der Waals surface area contributed by atoms with E-state index < -0.39 is 5.82 Å². The molecule has 0 fully saturated rings. The van der Waals surface area contributed by atoms with Crippen LogP contribution in [0.4, 0.5) is 4.39 Å². The summed E-state index contributed by atoms with van der Waals surface area (Å²) >= 11 is 6.14. The fraction of sp³-hybridized carbons (Fsp3) is 0.125. The molecule has 1 heterocycles. The summed E-state index contributed by atoms with van der Waals surface area (Å²) in [6.45, 7) is 3.88. The normalized spacial score (nSPS) is 11.0. The standard InChI is InChI=1S/C16H12ClFN2/c1-9-4-3-5-11(8-9)16-19-14-10(2)6-7-12(18)13(14)15(17)20-16/h3-8H,1-2H3. The Balaban J connectivity index is 2.32. The number of aryl methyl sites for hydroxylation is 2. The molecule has 2 aromatic carbocycles. The molecule has 0 saturated carbocycles. The van der Waals surface area contributed by atoms with Gasteiger partial charge in [0.15, 0.2) is 5.82 Å². The van der Waals surface area contributed by atoms with E-state index in [-0.39, 0.29) is 10.5 Å². The Bertz CT molecular complexity index is 815. The third-order valence-electron chi connectivity index (χ3n) is 3.23. The molecule has 0 atom stereocenters. The Kier molecular flexibility index (Phi) is 3.14. The van der Waals surface area contributed by atoms with Gasteiger partial charge in [-0.25, -0.2) is 14.4 Å². The third-order valence-corrected chi connectivity index (χ3v) is 3.51. The quantitative estimate of drug-likeness (QED) is 0.606. The van der Waals surface area contributed by atoms with Gasteiger partial charge in [0.1, 0.15) is 11.0 Å². The van der Waals surface area contributed by atoms with Crippen molar-refractivity contribution in [1.82, 2.24) is 9.97 Å². The molecule has 0 amide bonds. The van der Waals surface area contributed by atoms with Gasteiger partial charge in [-0.2, -0.15) is 0 Å². The van der Waals surface area contributed by atoms with Crippen LogP contribution in [0, 0.1) is 19.7 Å². The van der Waals surface area contributed by atoms with E-state index in [1.165, 1.54) is 6.07 Å². The van der Waals surface area contributed by atoms with Gasteiger partial charge in [0.25, 0.3) is 0 Å². The van der Waals surface area contributed by atoms with Crippen molar-refractivity contribution >= 4 is 22.5 Å². The average molecular weight is 287 g/mol. The lowest BCUT2D eigenvalue weighted by Crippen LogP contribution is -1.96. The molecule has 0 spiro atoms. The summed E-state index contributed by atoms with van der Waals surface area (Å²) in [6.07, 6.45) is 0. The molecule has 100 valence electrons. The SMILES string of the molecule is Cc1cccc(-c2nc(Cl)c3c(F)ccc(C)c3n2)c1. The van der Waals surface area contributed by atoms with Crippen molar-refractivity contribution in [3.8, 4) is 11.4 Å². The van der Waals surface area contributed by atoms with Crippen LogP contribution in [0.2, 0.25) is 5.15 Å². The van der Waals surface area contributed by atoms with E-state index in [0.717, 1.165) is 16.7 Å². The molecule has 0 aliphatic carbocycles. The van der Waals surface area contributed by atoms with Crippen LogP contribution in [0.5, 0.6) is 0 Å². The first-order valence-electron chi connectivity index (χ1n) is 6.25. The zero-order valence-corrected chi connectivity index (χ0v) is 11.9. The van der Waals surface area contributed by atoms with Gasteiger partial charge in [0, 0.05) is 5.56 Å². The van der Waals surface area contributed by atoms with E-state index in [9.17, 15) is 4.39 Å². The lowest BCUT2D eigenvalue weighted by Gasteiger charge is -2.08. The molecule has 4 heteroatoms. The van der Waals surface area contributed by atoms with E-state index in [1.807, 2.05) is 38.1 Å². The van der Waals surface area contributed by atoms with Crippen molar-refractivity contribution in [1.29, 1.82) is 0 Å². The molecule has 1 aromatic heterocycles. The van der Waals surface area contributed by atoms with Gasteiger partial charge in [-0.3, -0.25) is 0 Å². The highest BCUT2D eigenvalue weighted by Crippen LogP contribution is 2.29. The minimum absolute atomic E-state index is 0.146. The van der Waals surface area contributed by atoms with Gasteiger partial charge < -0.3 is 0 Å². The van der Waals surface area contributed by atoms with Crippen molar-refractivity contribution in [3.05, 3.63) is 58.5 Å². The summed E-state index contributed by atoms with van der Waals surface area (Å²) in [7, 11) is 0. The molecule has 0 N–H and O–H groups in total. The molecule has 0 aliphatic heterocycles. The third kappa shape index (κ3) is 2.14. The largest absolute Gasteiger partial charge is 0.228 e. The van der Waals surface area contributed by atoms with Crippen molar-refractivity contribution in [2.75, 3.05) is 0 Å². The number of aromatic nitrogens is 2. The first kappa shape index (κ1) is 13.0. The molecular formula is C16H12ClFN2. The Morgan fingerprint density at radius 2 is 1.85 bits per heavy atom. The van der Waals surface area contributed by atoms with Crippen molar-refractivity contribution in [3.63, 3.8) is 0 Å². The molecule has 0 radical (unpaired) electrons. The fourth-order valence-electron chi connectivity index (χ4n) is 2.20. The monoisotopic (exact) mass is 286 g/mol. The lowest BCUT2D eigenvalue weighted by molar-refractivity contribution is 0.639. The van der Waals surface area contributed by atoms with Crippen LogP contribution >= 0.6 is 11.6 Å². The molecule has 3 rings (SSSR count). The van der Waals surface area contributed by atoms with Gasteiger partial charge in [-0.05, 0) is 31.5 Å². The van der Waals surface area contributed by atoms with Crippen LogP contribution in [0.3, 0.4) is 0 Å². The van der Waals surface area contributed by atoms with E-state index in [4.69, 9.17) is 11.6 Å². The van der Waals surface area contributed by atoms with Crippen LogP contribution < -0.4 is 0 Å². The van der Waals surface area contributed by atoms with Crippen molar-refractivity contribution in [2.24, 2.45) is 0 Å². The maximum Gasteiger partial charge on any atom is 0.161 e. The van der Waals surface area contributed by atoms with Gasteiger partial charge in [0.2, 0.25) is 0 Å². The van der Waals surface area contributed by atoms with Gasteiger partial charge in [0.05, 0.1) is 10.9 Å². The Morgan fingerprint density at radius 1 is 1.05 bits per heavy atom.